The van der Waals surface area contributed by atoms with Crippen LogP contribution < -0.4 is 5.73 Å². The molecule has 98 valence electrons. The fraction of sp³-hybridized carbons (Fsp3) is 0.818. The van der Waals surface area contributed by atoms with E-state index in [1.54, 1.807) is 4.90 Å². The molecule has 0 aromatic rings. The molecule has 1 heterocycles. The number of rotatable bonds is 5. The topological polar surface area (TPSA) is 88.1 Å². The van der Waals surface area contributed by atoms with Crippen LogP contribution in [0, 0.1) is 0 Å². The van der Waals surface area contributed by atoms with E-state index in [0.29, 0.717) is 19.6 Å². The van der Waals surface area contributed by atoms with Crippen molar-refractivity contribution < 1.29 is 14.7 Å². The third kappa shape index (κ3) is 3.89. The van der Waals surface area contributed by atoms with E-state index in [0.717, 1.165) is 12.8 Å². The van der Waals surface area contributed by atoms with Gasteiger partial charge in [0.25, 0.3) is 5.91 Å². The molecule has 0 aromatic carbocycles. The second-order valence-electron chi connectivity index (χ2n) is 4.47. The largest absolute Gasteiger partial charge is 0.409 e. The standard InChI is InChI=1S/C11H21N3O3/c1-8(2)14(6-5-10(12)13-16)11(15)9-4-3-7-17-9/h8-9,16H,3-7H2,1-2H3,(H2,12,13). The summed E-state index contributed by atoms with van der Waals surface area (Å²) >= 11 is 0. The second kappa shape index (κ2) is 6.44. The van der Waals surface area contributed by atoms with Gasteiger partial charge in [0.05, 0.1) is 0 Å². The molecule has 1 saturated heterocycles. The van der Waals surface area contributed by atoms with E-state index in [1.807, 2.05) is 13.8 Å². The highest BCUT2D eigenvalue weighted by molar-refractivity contribution is 5.83. The fourth-order valence-corrected chi connectivity index (χ4v) is 1.87. The second-order valence-corrected chi connectivity index (χ2v) is 4.47. The first kappa shape index (κ1) is 13.8. The van der Waals surface area contributed by atoms with Crippen LogP contribution in [0.3, 0.4) is 0 Å². The van der Waals surface area contributed by atoms with Crippen molar-refractivity contribution in [2.24, 2.45) is 10.9 Å². The number of hydrogen-bond acceptors (Lipinski definition) is 4. The Morgan fingerprint density at radius 1 is 1.65 bits per heavy atom. The Hall–Kier alpha value is -1.30. The highest BCUT2D eigenvalue weighted by Crippen LogP contribution is 2.16. The van der Waals surface area contributed by atoms with Crippen LogP contribution >= 0.6 is 0 Å². The molecule has 0 bridgehead atoms. The summed E-state index contributed by atoms with van der Waals surface area (Å²) < 4.78 is 5.38. The van der Waals surface area contributed by atoms with Crippen molar-refractivity contribution in [3.63, 3.8) is 0 Å². The molecule has 6 nitrogen and oxygen atoms in total. The van der Waals surface area contributed by atoms with Gasteiger partial charge in [-0.15, -0.1) is 0 Å². The number of nitrogens with zero attached hydrogens (tertiary/aromatic N) is 2. The van der Waals surface area contributed by atoms with Crippen LogP contribution in [-0.2, 0) is 9.53 Å². The number of carbonyl (C=O) groups excluding carboxylic acids is 1. The molecule has 0 aromatic heterocycles. The molecule has 1 unspecified atom stereocenters. The summed E-state index contributed by atoms with van der Waals surface area (Å²) in [7, 11) is 0. The van der Waals surface area contributed by atoms with Gasteiger partial charge in [0.1, 0.15) is 11.9 Å². The summed E-state index contributed by atoms with van der Waals surface area (Å²) in [6.45, 7) is 4.99. The lowest BCUT2D eigenvalue weighted by molar-refractivity contribution is -0.142. The molecule has 1 fully saturated rings. The van der Waals surface area contributed by atoms with Crippen molar-refractivity contribution in [2.45, 2.75) is 45.3 Å². The minimum absolute atomic E-state index is 0.00300. The van der Waals surface area contributed by atoms with Gasteiger partial charge in [0, 0.05) is 25.6 Å². The first-order valence-electron chi connectivity index (χ1n) is 5.94. The summed E-state index contributed by atoms with van der Waals surface area (Å²) in [6.07, 6.45) is 1.77. The number of ether oxygens (including phenoxy) is 1. The maximum atomic E-state index is 12.1. The molecule has 1 rings (SSSR count). The van der Waals surface area contributed by atoms with E-state index < -0.39 is 0 Å². The Morgan fingerprint density at radius 2 is 2.35 bits per heavy atom. The first-order valence-corrected chi connectivity index (χ1v) is 5.94. The van der Waals surface area contributed by atoms with Gasteiger partial charge in [-0.3, -0.25) is 4.79 Å². The van der Waals surface area contributed by atoms with Crippen LogP contribution in [0.5, 0.6) is 0 Å². The number of hydrogen-bond donors (Lipinski definition) is 2. The lowest BCUT2D eigenvalue weighted by Gasteiger charge is -2.28. The van der Waals surface area contributed by atoms with E-state index >= 15 is 0 Å². The lowest BCUT2D eigenvalue weighted by Crippen LogP contribution is -2.44. The molecule has 1 atom stereocenters. The van der Waals surface area contributed by atoms with Gasteiger partial charge in [0.2, 0.25) is 0 Å². The number of amidine groups is 1. The van der Waals surface area contributed by atoms with Gasteiger partial charge in [-0.1, -0.05) is 5.16 Å². The minimum atomic E-state index is -0.315. The number of nitrogens with two attached hydrogens (primary N) is 1. The molecule has 0 spiro atoms. The third-order valence-corrected chi connectivity index (χ3v) is 2.85. The third-order valence-electron chi connectivity index (χ3n) is 2.85. The van der Waals surface area contributed by atoms with Crippen molar-refractivity contribution >= 4 is 11.7 Å². The molecule has 6 heteroatoms. The minimum Gasteiger partial charge on any atom is -0.409 e. The maximum absolute atomic E-state index is 12.1. The Morgan fingerprint density at radius 3 is 2.82 bits per heavy atom. The molecule has 0 aliphatic carbocycles. The van der Waals surface area contributed by atoms with Crippen molar-refractivity contribution in [2.75, 3.05) is 13.2 Å². The number of oxime groups is 1. The highest BCUT2D eigenvalue weighted by Gasteiger charge is 2.29. The Labute approximate surface area is 101 Å². The van der Waals surface area contributed by atoms with Gasteiger partial charge in [0.15, 0.2) is 0 Å². The molecule has 0 saturated carbocycles. The van der Waals surface area contributed by atoms with E-state index in [2.05, 4.69) is 5.16 Å². The summed E-state index contributed by atoms with van der Waals surface area (Å²) in [5, 5.41) is 11.4. The summed E-state index contributed by atoms with van der Waals surface area (Å²) in [6, 6.07) is 0.0817. The van der Waals surface area contributed by atoms with Crippen LogP contribution in [-0.4, -0.2) is 47.1 Å². The van der Waals surface area contributed by atoms with Crippen molar-refractivity contribution in [3.05, 3.63) is 0 Å². The van der Waals surface area contributed by atoms with Crippen LogP contribution in [0.2, 0.25) is 0 Å². The Kier molecular flexibility index (Phi) is 5.21. The maximum Gasteiger partial charge on any atom is 0.251 e. The van der Waals surface area contributed by atoms with Crippen LogP contribution in [0.25, 0.3) is 0 Å². The van der Waals surface area contributed by atoms with Crippen LogP contribution in [0.1, 0.15) is 33.1 Å². The molecule has 1 amide bonds. The normalized spacial score (nSPS) is 20.9. The zero-order valence-corrected chi connectivity index (χ0v) is 10.4. The Bertz CT molecular complexity index is 286. The predicted octanol–water partition coefficient (Wildman–Crippen LogP) is 0.539. The average molecular weight is 243 g/mol. The quantitative estimate of drug-likeness (QED) is 0.319. The lowest BCUT2D eigenvalue weighted by atomic mass is 10.2. The monoisotopic (exact) mass is 243 g/mol. The molecule has 17 heavy (non-hydrogen) atoms. The van der Waals surface area contributed by atoms with E-state index in [4.69, 9.17) is 15.7 Å². The van der Waals surface area contributed by atoms with E-state index in [9.17, 15) is 4.79 Å². The summed E-state index contributed by atoms with van der Waals surface area (Å²) in [5.74, 6) is 0.138. The molecular formula is C11H21N3O3. The number of carbonyl (C=O) groups is 1. The van der Waals surface area contributed by atoms with E-state index in [1.165, 1.54) is 0 Å². The molecule has 1 aliphatic heterocycles. The predicted molar refractivity (Wildman–Crippen MR) is 63.8 cm³/mol. The summed E-state index contributed by atoms with van der Waals surface area (Å²) in [4.78, 5) is 13.9. The molecular weight excluding hydrogens is 222 g/mol. The van der Waals surface area contributed by atoms with Gasteiger partial charge in [-0.25, -0.2) is 0 Å². The molecule has 1 aliphatic rings. The van der Waals surface area contributed by atoms with Crippen molar-refractivity contribution in [1.82, 2.24) is 4.90 Å². The molecule has 3 N–H and O–H groups in total. The van der Waals surface area contributed by atoms with Gasteiger partial charge >= 0.3 is 0 Å². The fourth-order valence-electron chi connectivity index (χ4n) is 1.87. The smallest absolute Gasteiger partial charge is 0.251 e. The Balaban J connectivity index is 2.55. The zero-order valence-electron chi connectivity index (χ0n) is 10.4. The number of amides is 1. The molecule has 0 radical (unpaired) electrons. The van der Waals surface area contributed by atoms with Crippen molar-refractivity contribution in [1.29, 1.82) is 0 Å². The van der Waals surface area contributed by atoms with Crippen LogP contribution in [0.4, 0.5) is 0 Å². The zero-order chi connectivity index (χ0) is 12.8. The van der Waals surface area contributed by atoms with Crippen LogP contribution in [0.15, 0.2) is 5.16 Å². The average Bonchev–Trinajstić information content (AvgIpc) is 2.81. The highest BCUT2D eigenvalue weighted by atomic mass is 16.5. The van der Waals surface area contributed by atoms with Crippen molar-refractivity contribution in [3.8, 4) is 0 Å². The van der Waals surface area contributed by atoms with Gasteiger partial charge < -0.3 is 20.6 Å². The SMILES string of the molecule is CC(C)N(CC/C(N)=N/O)C(=O)C1CCCO1. The van der Waals surface area contributed by atoms with Gasteiger partial charge in [-0.05, 0) is 26.7 Å². The van der Waals surface area contributed by atoms with E-state index in [-0.39, 0.29) is 23.9 Å². The first-order chi connectivity index (χ1) is 8.06. The summed E-state index contributed by atoms with van der Waals surface area (Å²) in [5.41, 5.74) is 5.41. The van der Waals surface area contributed by atoms with Gasteiger partial charge in [-0.2, -0.15) is 0 Å².